The number of hydrogen-bond acceptors (Lipinski definition) is 10. The number of anilines is 2. The number of nitrogens with one attached hydrogen (secondary N) is 2. The van der Waals surface area contributed by atoms with Crippen molar-refractivity contribution in [2.24, 2.45) is 0 Å². The number of nitrogen functional groups attached to an aromatic ring is 2. The van der Waals surface area contributed by atoms with Crippen LogP contribution in [0.25, 0.3) is 11.4 Å². The summed E-state index contributed by atoms with van der Waals surface area (Å²) in [4.78, 5) is 50.9. The molecular weight excluding hydrogens is 761 g/mol. The summed E-state index contributed by atoms with van der Waals surface area (Å²) in [6, 6.07) is 25.3. The number of ether oxygens (including phenoxy) is 2. The fraction of sp³-hybridized carbons (Fsp3) is 0.261. The highest BCUT2D eigenvalue weighted by atomic mass is 16.5. The van der Waals surface area contributed by atoms with E-state index in [1.54, 1.807) is 73.8 Å². The molecule has 6 aromatic rings. The molecule has 0 unspecified atom stereocenters. The van der Waals surface area contributed by atoms with E-state index in [9.17, 15) is 19.2 Å². The standard InChI is InChI=1S/C24H24N4O3.C22H22N4O3/c1-14-5-6-16(24(30)27-17-7-8-17)12-21(14)28-23(25)20(13-26-28)22(29)15-3-2-4-19(11-15)31-18-9-10-18;1-13-6-7-15(22(28)25-16-8-9-16)11-19(13)26-21(23)18(12-24-26)20(27)14-4-3-5-17(10-14)29-2/h2-6,11-13,17-18H,7-10,25H2,1H3,(H,27,30);3-7,10-12,16H,8-9,23H2,1-2H3,(H,25,28). The van der Waals surface area contributed by atoms with Crippen LogP contribution in [0.15, 0.2) is 97.3 Å². The fourth-order valence-electron chi connectivity index (χ4n) is 6.56. The number of carbonyl (C=O) groups excluding carboxylic acids is 4. The highest BCUT2D eigenvalue weighted by molar-refractivity contribution is 6.12. The van der Waals surface area contributed by atoms with Crippen LogP contribution in [0, 0.1) is 13.8 Å². The van der Waals surface area contributed by atoms with Crippen LogP contribution in [0.2, 0.25) is 0 Å². The summed E-state index contributed by atoms with van der Waals surface area (Å²) in [5, 5.41) is 14.6. The van der Waals surface area contributed by atoms with E-state index < -0.39 is 0 Å². The molecule has 0 spiro atoms. The zero-order chi connectivity index (χ0) is 42.1. The van der Waals surface area contributed by atoms with Crippen molar-refractivity contribution < 1.29 is 28.7 Å². The molecule has 306 valence electrons. The number of nitrogens with zero attached hydrogens (tertiary/aromatic N) is 4. The van der Waals surface area contributed by atoms with Gasteiger partial charge in [0.15, 0.2) is 11.6 Å². The maximum atomic E-state index is 13.1. The number of nitrogens with two attached hydrogens (primary N) is 2. The summed E-state index contributed by atoms with van der Waals surface area (Å²) in [5.74, 6) is 1.04. The van der Waals surface area contributed by atoms with E-state index in [4.69, 9.17) is 20.9 Å². The number of methoxy groups -OCH3 is 1. The van der Waals surface area contributed by atoms with Crippen LogP contribution in [0.3, 0.4) is 0 Å². The van der Waals surface area contributed by atoms with Gasteiger partial charge in [-0.05, 0) is 112 Å². The minimum Gasteiger partial charge on any atom is -0.497 e. The summed E-state index contributed by atoms with van der Waals surface area (Å²) in [7, 11) is 1.55. The molecule has 3 aliphatic carbocycles. The lowest BCUT2D eigenvalue weighted by molar-refractivity contribution is 0.0942. The fourth-order valence-corrected chi connectivity index (χ4v) is 6.56. The number of ketones is 2. The Morgan fingerprint density at radius 1 is 0.600 bits per heavy atom. The van der Waals surface area contributed by atoms with Gasteiger partial charge in [-0.3, -0.25) is 19.2 Å². The first-order chi connectivity index (χ1) is 29.0. The Kier molecular flexibility index (Phi) is 10.9. The Bertz CT molecular complexity index is 2630. The molecule has 14 heteroatoms. The molecule has 6 N–H and O–H groups in total. The van der Waals surface area contributed by atoms with Crippen molar-refractivity contribution in [3.05, 3.63) is 142 Å². The molecule has 0 saturated heterocycles. The van der Waals surface area contributed by atoms with Crippen LogP contribution >= 0.6 is 0 Å². The molecule has 0 aliphatic heterocycles. The average molecular weight is 807 g/mol. The van der Waals surface area contributed by atoms with Crippen molar-refractivity contribution >= 4 is 35.0 Å². The van der Waals surface area contributed by atoms with Crippen LogP contribution in [0.4, 0.5) is 11.6 Å². The molecular formula is C46H46N8O6. The molecule has 2 aromatic heterocycles. The zero-order valence-corrected chi connectivity index (χ0v) is 33.6. The normalized spacial score (nSPS) is 14.4. The van der Waals surface area contributed by atoms with Crippen molar-refractivity contribution in [3.63, 3.8) is 0 Å². The summed E-state index contributed by atoms with van der Waals surface area (Å²) in [5.41, 5.74) is 18.4. The molecule has 14 nitrogen and oxygen atoms in total. The second kappa shape index (κ2) is 16.6. The number of aromatic nitrogens is 4. The Hall–Kier alpha value is -7.22. The molecule has 3 saturated carbocycles. The summed E-state index contributed by atoms with van der Waals surface area (Å²) >= 11 is 0. The number of hydrogen-bond donors (Lipinski definition) is 4. The second-order valence-corrected chi connectivity index (χ2v) is 15.4. The molecule has 0 bridgehead atoms. The first kappa shape index (κ1) is 39.6. The third-order valence-corrected chi connectivity index (χ3v) is 10.6. The van der Waals surface area contributed by atoms with Crippen molar-refractivity contribution in [2.75, 3.05) is 18.6 Å². The SMILES string of the molecule is COc1cccc(C(=O)c2cnn(-c3cc(C(=O)NC4CC4)ccc3C)c2N)c1.Cc1ccc(C(=O)NC2CC2)cc1-n1ncc(C(=O)c2cccc(OC3CC3)c2)c1N. The van der Waals surface area contributed by atoms with Gasteiger partial charge in [-0.2, -0.15) is 10.2 Å². The lowest BCUT2D eigenvalue weighted by Gasteiger charge is -2.11. The molecule has 4 aromatic carbocycles. The monoisotopic (exact) mass is 806 g/mol. The lowest BCUT2D eigenvalue weighted by Crippen LogP contribution is -2.25. The van der Waals surface area contributed by atoms with E-state index >= 15 is 0 Å². The maximum absolute atomic E-state index is 13.1. The first-order valence-corrected chi connectivity index (χ1v) is 20.0. The van der Waals surface area contributed by atoms with Crippen LogP contribution in [0.5, 0.6) is 11.5 Å². The van der Waals surface area contributed by atoms with Gasteiger partial charge >= 0.3 is 0 Å². The molecule has 60 heavy (non-hydrogen) atoms. The first-order valence-electron chi connectivity index (χ1n) is 20.0. The van der Waals surface area contributed by atoms with E-state index in [1.165, 1.54) is 21.8 Å². The third kappa shape index (κ3) is 8.77. The summed E-state index contributed by atoms with van der Waals surface area (Å²) < 4.78 is 14.0. The molecule has 2 amide bonds. The largest absolute Gasteiger partial charge is 0.497 e. The molecule has 3 fully saturated rings. The van der Waals surface area contributed by atoms with Gasteiger partial charge in [0.1, 0.15) is 23.1 Å². The van der Waals surface area contributed by atoms with Crippen LogP contribution in [-0.4, -0.2) is 68.2 Å². The Balaban J connectivity index is 0.000000167. The van der Waals surface area contributed by atoms with Gasteiger partial charge in [0.05, 0.1) is 48.1 Å². The zero-order valence-electron chi connectivity index (χ0n) is 33.6. The van der Waals surface area contributed by atoms with Gasteiger partial charge < -0.3 is 31.6 Å². The maximum Gasteiger partial charge on any atom is 0.251 e. The highest BCUT2D eigenvalue weighted by Gasteiger charge is 2.27. The van der Waals surface area contributed by atoms with Gasteiger partial charge in [-0.1, -0.05) is 36.4 Å². The van der Waals surface area contributed by atoms with Gasteiger partial charge in [-0.25, -0.2) is 9.36 Å². The Morgan fingerprint density at radius 3 is 1.48 bits per heavy atom. The number of benzene rings is 4. The topological polar surface area (TPSA) is 198 Å². The number of carbonyl (C=O) groups is 4. The third-order valence-electron chi connectivity index (χ3n) is 10.6. The molecule has 0 radical (unpaired) electrons. The predicted octanol–water partition coefficient (Wildman–Crippen LogP) is 6.32. The smallest absolute Gasteiger partial charge is 0.251 e. The minimum atomic E-state index is -0.243. The van der Waals surface area contributed by atoms with Crippen molar-refractivity contribution in [1.29, 1.82) is 0 Å². The van der Waals surface area contributed by atoms with Crippen LogP contribution < -0.4 is 31.6 Å². The Morgan fingerprint density at radius 2 is 1.05 bits per heavy atom. The Labute approximate surface area is 346 Å². The molecule has 9 rings (SSSR count). The second-order valence-electron chi connectivity index (χ2n) is 15.4. The van der Waals surface area contributed by atoms with Crippen LogP contribution in [-0.2, 0) is 0 Å². The summed E-state index contributed by atoms with van der Waals surface area (Å²) in [6.45, 7) is 3.82. The van der Waals surface area contributed by atoms with E-state index in [0.29, 0.717) is 56.3 Å². The van der Waals surface area contributed by atoms with Gasteiger partial charge in [-0.15, -0.1) is 0 Å². The van der Waals surface area contributed by atoms with Gasteiger partial charge in [0, 0.05) is 34.3 Å². The summed E-state index contributed by atoms with van der Waals surface area (Å²) in [6.07, 6.45) is 9.37. The van der Waals surface area contributed by atoms with Crippen molar-refractivity contribution in [3.8, 4) is 22.9 Å². The molecule has 0 atom stereocenters. The number of amides is 2. The van der Waals surface area contributed by atoms with Gasteiger partial charge in [0.25, 0.3) is 11.8 Å². The lowest BCUT2D eigenvalue weighted by atomic mass is 10.1. The van der Waals surface area contributed by atoms with Gasteiger partial charge in [0.2, 0.25) is 0 Å². The van der Waals surface area contributed by atoms with E-state index in [0.717, 1.165) is 49.7 Å². The average Bonchev–Trinajstić information content (AvgIpc) is 4.19. The van der Waals surface area contributed by atoms with Crippen molar-refractivity contribution in [2.45, 2.75) is 70.6 Å². The number of rotatable bonds is 13. The van der Waals surface area contributed by atoms with Crippen LogP contribution in [0.1, 0.15) is 102 Å². The minimum absolute atomic E-state index is 0.113. The molecule has 3 aliphatic rings. The predicted molar refractivity (Wildman–Crippen MR) is 226 cm³/mol. The van der Waals surface area contributed by atoms with E-state index in [2.05, 4.69) is 20.8 Å². The van der Waals surface area contributed by atoms with E-state index in [1.807, 2.05) is 32.0 Å². The number of aryl methyl sites for hydroxylation is 2. The quantitative estimate of drug-likeness (QED) is 0.0958. The highest BCUT2D eigenvalue weighted by Crippen LogP contribution is 2.30. The van der Waals surface area contributed by atoms with E-state index in [-0.39, 0.29) is 53.2 Å². The van der Waals surface area contributed by atoms with Crippen molar-refractivity contribution in [1.82, 2.24) is 30.2 Å². The molecule has 2 heterocycles.